The van der Waals surface area contributed by atoms with Gasteiger partial charge in [0, 0.05) is 0 Å². The van der Waals surface area contributed by atoms with Crippen LogP contribution in [0.4, 0.5) is 0 Å². The second-order valence-electron chi connectivity index (χ2n) is 10.9. The fourth-order valence-electron chi connectivity index (χ4n) is 5.02. The van der Waals surface area contributed by atoms with E-state index in [9.17, 15) is 4.79 Å². The molecule has 34 heavy (non-hydrogen) atoms. The molecule has 0 aromatic rings. The van der Waals surface area contributed by atoms with E-state index in [2.05, 4.69) is 49.4 Å². The number of hydrogen-bond acceptors (Lipinski definition) is 2. The summed E-state index contributed by atoms with van der Waals surface area (Å²) in [6, 6.07) is 0. The van der Waals surface area contributed by atoms with Crippen molar-refractivity contribution in [3.8, 4) is 0 Å². The Morgan fingerprint density at radius 2 is 0.941 bits per heavy atom. The Hall–Kier alpha value is 0.370. The van der Waals surface area contributed by atoms with Crippen LogP contribution in [0.5, 0.6) is 0 Å². The molecule has 0 aromatic heterocycles. The maximum absolute atomic E-state index is 12.1. The van der Waals surface area contributed by atoms with Crippen LogP contribution in [-0.2, 0) is 9.53 Å². The molecule has 0 rings (SSSR count). The van der Waals surface area contributed by atoms with Crippen molar-refractivity contribution in [1.82, 2.24) is 0 Å². The van der Waals surface area contributed by atoms with Gasteiger partial charge in [0.15, 0.2) is 0 Å². The van der Waals surface area contributed by atoms with Gasteiger partial charge in [0.05, 0.1) is 0 Å². The minimum atomic E-state index is -1.94. The molecular weight excluding hydrogens is 550 g/mol. The quantitative estimate of drug-likeness (QED) is 0.0338. The Balaban J connectivity index is 5.18. The summed E-state index contributed by atoms with van der Waals surface area (Å²) < 4.78 is 3.75. The topological polar surface area (TPSA) is 26.3 Å². The first-order valence-corrected chi connectivity index (χ1v) is 20.6. The van der Waals surface area contributed by atoms with Crippen molar-refractivity contribution in [3.63, 3.8) is 0 Å². The summed E-state index contributed by atoms with van der Waals surface area (Å²) in [5.74, 6) is -0.208. The van der Waals surface area contributed by atoms with Crippen LogP contribution in [-0.4, -0.2) is 37.2 Å². The number of carbonyl (C=O) groups excluding carboxylic acids is 1. The van der Waals surface area contributed by atoms with Gasteiger partial charge in [-0.1, -0.05) is 0 Å². The first-order chi connectivity index (χ1) is 16.3. The van der Waals surface area contributed by atoms with Crippen LogP contribution < -0.4 is 0 Å². The molecular formula is C30H60IO2P. The average Bonchev–Trinajstić information content (AvgIpc) is 2.81. The van der Waals surface area contributed by atoms with Crippen molar-refractivity contribution in [3.05, 3.63) is 12.2 Å². The van der Waals surface area contributed by atoms with Crippen LogP contribution >= 0.6 is 26.3 Å². The average molecular weight is 611 g/mol. The molecule has 204 valence electrons. The van der Waals surface area contributed by atoms with E-state index in [1.54, 1.807) is 6.92 Å². The number of rotatable bonds is 25. The Kier molecular flexibility index (Phi) is 21.7. The summed E-state index contributed by atoms with van der Waals surface area (Å²) in [6.45, 7) is 13.0. The molecule has 0 saturated carbocycles. The van der Waals surface area contributed by atoms with Gasteiger partial charge in [-0.15, -0.1) is 0 Å². The third-order valence-corrected chi connectivity index (χ3v) is 18.8. The summed E-state index contributed by atoms with van der Waals surface area (Å²) in [5.41, 5.74) is 0.525. The molecule has 0 aromatic carbocycles. The van der Waals surface area contributed by atoms with E-state index in [1.165, 1.54) is 134 Å². The zero-order valence-corrected chi connectivity index (χ0v) is 26.7. The molecule has 0 aliphatic rings. The number of ether oxygens (including phenoxy) is 1. The number of unbranched alkanes of at least 4 members (excludes halogenated alkanes) is 15. The third-order valence-electron chi connectivity index (χ3n) is 7.44. The van der Waals surface area contributed by atoms with Gasteiger partial charge in [0.2, 0.25) is 0 Å². The molecule has 0 N–H and O–H groups in total. The van der Waals surface area contributed by atoms with Crippen molar-refractivity contribution in [2.75, 3.05) is 31.3 Å². The Bertz CT molecular complexity index is 476. The number of carbonyl (C=O) groups is 1. The van der Waals surface area contributed by atoms with E-state index < -0.39 is 4.25 Å². The van der Waals surface area contributed by atoms with Crippen LogP contribution in [0.25, 0.3) is 0 Å². The molecule has 0 aliphatic carbocycles. The van der Waals surface area contributed by atoms with E-state index in [1.807, 2.05) is 0 Å². The molecule has 0 heterocycles. The Labute approximate surface area is 227 Å². The fourth-order valence-corrected chi connectivity index (χ4v) is 13.6. The molecule has 4 heteroatoms. The Morgan fingerprint density at radius 3 is 1.26 bits per heavy atom. The number of esters is 1. The number of hydrogen-bond donors (Lipinski definition) is 0. The SMILES string of the molecule is C=C(C)C(=O)OCCP(I)(CCCCCCCC)(CCCCCCCC)CCCCCCCC. The van der Waals surface area contributed by atoms with Crippen LogP contribution in [0.15, 0.2) is 12.2 Å². The molecule has 0 radical (unpaired) electrons. The second-order valence-corrected chi connectivity index (χ2v) is 24.5. The van der Waals surface area contributed by atoms with Crippen molar-refractivity contribution >= 4 is 32.3 Å². The maximum atomic E-state index is 12.1. The standard InChI is InChI=1S/C30H60IO2P/c1-6-9-12-15-18-21-25-34(31,26-22-19-16-13-10-7-2,27-23-20-17-14-11-8-3)28-24-33-30(32)29(4)5/h4,6-28H2,1-3,5H3. The molecule has 0 unspecified atom stereocenters. The zero-order chi connectivity index (χ0) is 25.6. The van der Waals surface area contributed by atoms with Gasteiger partial charge in [-0.05, 0) is 0 Å². The zero-order valence-electron chi connectivity index (χ0n) is 23.6. The Morgan fingerprint density at radius 1 is 0.618 bits per heavy atom. The van der Waals surface area contributed by atoms with Crippen LogP contribution in [0.3, 0.4) is 0 Å². The third kappa shape index (κ3) is 17.7. The summed E-state index contributed by atoms with van der Waals surface area (Å²) in [5, 5.41) is 0. The predicted molar refractivity (Wildman–Crippen MR) is 166 cm³/mol. The van der Waals surface area contributed by atoms with Gasteiger partial charge in [-0.3, -0.25) is 0 Å². The van der Waals surface area contributed by atoms with Crippen molar-refractivity contribution < 1.29 is 9.53 Å². The molecule has 0 atom stereocenters. The van der Waals surface area contributed by atoms with Crippen LogP contribution in [0.1, 0.15) is 143 Å². The molecule has 0 amide bonds. The van der Waals surface area contributed by atoms with Gasteiger partial charge >= 0.3 is 228 Å². The van der Waals surface area contributed by atoms with Crippen molar-refractivity contribution in [1.29, 1.82) is 0 Å². The normalized spacial score (nSPS) is 12.9. The van der Waals surface area contributed by atoms with Gasteiger partial charge in [0.25, 0.3) is 0 Å². The van der Waals surface area contributed by atoms with Gasteiger partial charge in [0.1, 0.15) is 0 Å². The summed E-state index contributed by atoms with van der Waals surface area (Å²) >= 11 is 2.99. The minimum absolute atomic E-state index is 0.208. The second kappa shape index (κ2) is 21.5. The predicted octanol–water partition coefficient (Wildman–Crippen LogP) is 11.1. The van der Waals surface area contributed by atoms with E-state index in [4.69, 9.17) is 4.74 Å². The fraction of sp³-hybridized carbons (Fsp3) is 0.900. The molecule has 0 bridgehead atoms. The van der Waals surface area contributed by atoms with Crippen LogP contribution in [0, 0.1) is 0 Å². The molecule has 0 aliphatic heterocycles. The van der Waals surface area contributed by atoms with E-state index in [0.717, 1.165) is 6.16 Å². The number of halogens is 1. The molecule has 2 nitrogen and oxygen atoms in total. The first-order valence-electron chi connectivity index (χ1n) is 14.9. The van der Waals surface area contributed by atoms with Gasteiger partial charge < -0.3 is 0 Å². The molecule has 0 saturated heterocycles. The molecule has 0 spiro atoms. The van der Waals surface area contributed by atoms with Gasteiger partial charge in [-0.25, -0.2) is 0 Å². The van der Waals surface area contributed by atoms with E-state index >= 15 is 0 Å². The monoisotopic (exact) mass is 610 g/mol. The molecule has 0 fully saturated rings. The van der Waals surface area contributed by atoms with Crippen LogP contribution in [0.2, 0.25) is 0 Å². The van der Waals surface area contributed by atoms with Gasteiger partial charge in [-0.2, -0.15) is 0 Å². The van der Waals surface area contributed by atoms with Crippen molar-refractivity contribution in [2.24, 2.45) is 0 Å². The summed E-state index contributed by atoms with van der Waals surface area (Å²) in [6.07, 6.45) is 29.9. The van der Waals surface area contributed by atoms with E-state index in [-0.39, 0.29) is 5.97 Å². The summed E-state index contributed by atoms with van der Waals surface area (Å²) in [4.78, 5) is 12.1. The summed E-state index contributed by atoms with van der Waals surface area (Å²) in [7, 11) is 0. The van der Waals surface area contributed by atoms with Crippen molar-refractivity contribution in [2.45, 2.75) is 143 Å². The van der Waals surface area contributed by atoms with E-state index in [0.29, 0.717) is 12.2 Å². The first kappa shape index (κ1) is 34.4.